The van der Waals surface area contributed by atoms with E-state index in [0.717, 1.165) is 12.8 Å². The van der Waals surface area contributed by atoms with Crippen LogP contribution in [-0.2, 0) is 9.84 Å². The number of hydrogen-bond acceptors (Lipinski definition) is 3. The zero-order chi connectivity index (χ0) is 14.0. The predicted molar refractivity (Wildman–Crippen MR) is 79.1 cm³/mol. The zero-order valence-electron chi connectivity index (χ0n) is 11.9. The van der Waals surface area contributed by atoms with E-state index in [0.29, 0.717) is 17.5 Å². The summed E-state index contributed by atoms with van der Waals surface area (Å²) in [6, 6.07) is 7.08. The molecule has 1 atom stereocenters. The first-order valence-corrected chi connectivity index (χ1v) is 8.73. The molecule has 0 bridgehead atoms. The number of sulfone groups is 1. The van der Waals surface area contributed by atoms with Crippen molar-refractivity contribution >= 4 is 9.84 Å². The van der Waals surface area contributed by atoms with E-state index in [-0.39, 0.29) is 6.04 Å². The van der Waals surface area contributed by atoms with Crippen molar-refractivity contribution in [2.45, 2.75) is 45.7 Å². The van der Waals surface area contributed by atoms with Gasteiger partial charge in [0, 0.05) is 12.1 Å². The lowest BCUT2D eigenvalue weighted by Crippen LogP contribution is -2.38. The molecule has 2 rings (SSSR count). The van der Waals surface area contributed by atoms with E-state index in [1.165, 1.54) is 16.7 Å². The standard InChI is InChI=1S/C15H23NO2S/c1-11-4-5-15(12(2)10-11)13(3)16-14-6-8-19(17,18)9-7-14/h4-5,10,13-14,16H,6-9H2,1-3H3. The zero-order valence-corrected chi connectivity index (χ0v) is 12.8. The average Bonchev–Trinajstić information content (AvgIpc) is 2.31. The summed E-state index contributed by atoms with van der Waals surface area (Å²) in [5, 5.41) is 3.57. The first kappa shape index (κ1) is 14.5. The van der Waals surface area contributed by atoms with Crippen molar-refractivity contribution < 1.29 is 8.42 Å². The highest BCUT2D eigenvalue weighted by molar-refractivity contribution is 7.91. The third-order valence-electron chi connectivity index (χ3n) is 3.93. The summed E-state index contributed by atoms with van der Waals surface area (Å²) in [5.74, 6) is 0.647. The number of benzene rings is 1. The van der Waals surface area contributed by atoms with Gasteiger partial charge in [-0.05, 0) is 44.7 Å². The molecular weight excluding hydrogens is 258 g/mol. The fourth-order valence-electron chi connectivity index (χ4n) is 2.81. The molecule has 0 amide bonds. The van der Waals surface area contributed by atoms with E-state index >= 15 is 0 Å². The van der Waals surface area contributed by atoms with Crippen molar-refractivity contribution in [3.8, 4) is 0 Å². The molecular formula is C15H23NO2S. The molecule has 1 aliphatic heterocycles. The Hall–Kier alpha value is -0.870. The molecule has 1 aromatic rings. The van der Waals surface area contributed by atoms with Gasteiger partial charge in [0.2, 0.25) is 0 Å². The maximum atomic E-state index is 11.4. The summed E-state index contributed by atoms with van der Waals surface area (Å²) >= 11 is 0. The van der Waals surface area contributed by atoms with Crippen LogP contribution in [-0.4, -0.2) is 26.0 Å². The Morgan fingerprint density at radius 1 is 1.21 bits per heavy atom. The van der Waals surface area contributed by atoms with E-state index in [1.807, 2.05) is 0 Å². The Balaban J connectivity index is 2.00. The Kier molecular flexibility index (Phi) is 4.31. The topological polar surface area (TPSA) is 46.2 Å². The first-order valence-electron chi connectivity index (χ1n) is 6.91. The van der Waals surface area contributed by atoms with Gasteiger partial charge in [-0.25, -0.2) is 8.42 Å². The minimum absolute atomic E-state index is 0.270. The van der Waals surface area contributed by atoms with E-state index < -0.39 is 9.84 Å². The van der Waals surface area contributed by atoms with Gasteiger partial charge < -0.3 is 5.32 Å². The number of rotatable bonds is 3. The molecule has 3 nitrogen and oxygen atoms in total. The second-order valence-corrected chi connectivity index (χ2v) is 7.98. The maximum Gasteiger partial charge on any atom is 0.150 e. The van der Waals surface area contributed by atoms with Crippen LogP contribution in [0.25, 0.3) is 0 Å². The smallest absolute Gasteiger partial charge is 0.150 e. The second-order valence-electron chi connectivity index (χ2n) is 5.67. The van der Waals surface area contributed by atoms with Crippen molar-refractivity contribution in [3.05, 3.63) is 34.9 Å². The van der Waals surface area contributed by atoms with Gasteiger partial charge in [-0.15, -0.1) is 0 Å². The summed E-state index contributed by atoms with van der Waals surface area (Å²) in [6.07, 6.45) is 1.47. The van der Waals surface area contributed by atoms with Gasteiger partial charge in [0.1, 0.15) is 9.84 Å². The molecule has 0 radical (unpaired) electrons. The van der Waals surface area contributed by atoms with Crippen molar-refractivity contribution in [3.63, 3.8) is 0 Å². The molecule has 0 saturated carbocycles. The lowest BCUT2D eigenvalue weighted by Gasteiger charge is -2.27. The van der Waals surface area contributed by atoms with Crippen molar-refractivity contribution in [2.24, 2.45) is 0 Å². The molecule has 0 aliphatic carbocycles. The van der Waals surface area contributed by atoms with E-state index in [9.17, 15) is 8.42 Å². The van der Waals surface area contributed by atoms with Crippen LogP contribution in [0.4, 0.5) is 0 Å². The van der Waals surface area contributed by atoms with Crippen LogP contribution >= 0.6 is 0 Å². The highest BCUT2D eigenvalue weighted by Gasteiger charge is 2.24. The normalized spacial score (nSPS) is 21.2. The van der Waals surface area contributed by atoms with Gasteiger partial charge >= 0.3 is 0 Å². The quantitative estimate of drug-likeness (QED) is 0.926. The van der Waals surface area contributed by atoms with Gasteiger partial charge in [0.25, 0.3) is 0 Å². The first-order chi connectivity index (χ1) is 8.87. The van der Waals surface area contributed by atoms with Crippen LogP contribution in [0.3, 0.4) is 0 Å². The summed E-state index contributed by atoms with van der Waals surface area (Å²) in [5.41, 5.74) is 3.87. The minimum atomic E-state index is -2.77. The SMILES string of the molecule is Cc1ccc(C(C)NC2CCS(=O)(=O)CC2)c(C)c1. The van der Waals surface area contributed by atoms with Crippen LogP contribution in [0.2, 0.25) is 0 Å². The molecule has 1 aromatic carbocycles. The Bertz CT molecular complexity index is 537. The van der Waals surface area contributed by atoms with E-state index in [1.54, 1.807) is 0 Å². The Morgan fingerprint density at radius 2 is 1.84 bits per heavy atom. The molecule has 1 aliphatic rings. The predicted octanol–water partition coefficient (Wildman–Crippen LogP) is 2.53. The molecule has 106 valence electrons. The highest BCUT2D eigenvalue weighted by atomic mass is 32.2. The number of nitrogens with one attached hydrogen (secondary N) is 1. The van der Waals surface area contributed by atoms with Crippen LogP contribution in [0.15, 0.2) is 18.2 Å². The Morgan fingerprint density at radius 3 is 2.42 bits per heavy atom. The van der Waals surface area contributed by atoms with Crippen LogP contribution in [0.5, 0.6) is 0 Å². The van der Waals surface area contributed by atoms with E-state index in [4.69, 9.17) is 0 Å². The Labute approximate surface area is 116 Å². The summed E-state index contributed by atoms with van der Waals surface area (Å²) in [7, 11) is -2.77. The van der Waals surface area contributed by atoms with Gasteiger partial charge in [-0.3, -0.25) is 0 Å². The van der Waals surface area contributed by atoms with Crippen LogP contribution in [0.1, 0.15) is 42.5 Å². The van der Waals surface area contributed by atoms with Gasteiger partial charge in [-0.1, -0.05) is 23.8 Å². The fraction of sp³-hybridized carbons (Fsp3) is 0.600. The molecule has 1 heterocycles. The fourth-order valence-corrected chi connectivity index (χ4v) is 4.30. The largest absolute Gasteiger partial charge is 0.307 e. The third-order valence-corrected chi connectivity index (χ3v) is 5.65. The highest BCUT2D eigenvalue weighted by Crippen LogP contribution is 2.21. The lowest BCUT2D eigenvalue weighted by molar-refractivity contribution is 0.419. The van der Waals surface area contributed by atoms with Crippen LogP contribution < -0.4 is 5.32 Å². The molecule has 0 aromatic heterocycles. The molecule has 1 unspecified atom stereocenters. The molecule has 4 heteroatoms. The lowest BCUT2D eigenvalue weighted by atomic mass is 9.99. The van der Waals surface area contributed by atoms with Gasteiger partial charge in [-0.2, -0.15) is 0 Å². The molecule has 1 N–H and O–H groups in total. The number of hydrogen-bond donors (Lipinski definition) is 1. The second kappa shape index (κ2) is 5.63. The summed E-state index contributed by atoms with van der Waals surface area (Å²) in [6.45, 7) is 6.38. The van der Waals surface area contributed by atoms with Gasteiger partial charge in [0.05, 0.1) is 11.5 Å². The average molecular weight is 281 g/mol. The molecule has 19 heavy (non-hydrogen) atoms. The monoisotopic (exact) mass is 281 g/mol. The molecule has 1 saturated heterocycles. The van der Waals surface area contributed by atoms with Crippen LogP contribution in [0, 0.1) is 13.8 Å². The molecule has 1 fully saturated rings. The van der Waals surface area contributed by atoms with E-state index in [2.05, 4.69) is 44.3 Å². The van der Waals surface area contributed by atoms with Crippen molar-refractivity contribution in [2.75, 3.05) is 11.5 Å². The van der Waals surface area contributed by atoms with Crippen molar-refractivity contribution in [1.82, 2.24) is 5.32 Å². The van der Waals surface area contributed by atoms with Gasteiger partial charge in [0.15, 0.2) is 0 Å². The summed E-state index contributed by atoms with van der Waals surface area (Å²) in [4.78, 5) is 0. The molecule has 0 spiro atoms. The number of aryl methyl sites for hydroxylation is 2. The van der Waals surface area contributed by atoms with Crippen molar-refractivity contribution in [1.29, 1.82) is 0 Å². The minimum Gasteiger partial charge on any atom is -0.307 e. The summed E-state index contributed by atoms with van der Waals surface area (Å²) < 4.78 is 22.8. The maximum absolute atomic E-state index is 11.4. The third kappa shape index (κ3) is 3.80.